The molecule has 0 aliphatic carbocycles. The maximum absolute atomic E-state index is 6.73. The van der Waals surface area contributed by atoms with Gasteiger partial charge in [-0.15, -0.1) is 0 Å². The van der Waals surface area contributed by atoms with Gasteiger partial charge in [-0.3, -0.25) is 4.57 Å². The fourth-order valence-corrected chi connectivity index (χ4v) is 8.68. The van der Waals surface area contributed by atoms with Crippen LogP contribution in [0.1, 0.15) is 0 Å². The van der Waals surface area contributed by atoms with Crippen LogP contribution in [0.4, 0.5) is 0 Å². The molecule has 5 heteroatoms. The molecular formula is C53H32N4O. The van der Waals surface area contributed by atoms with Gasteiger partial charge in [0.25, 0.3) is 0 Å². The number of rotatable bonds is 5. The van der Waals surface area contributed by atoms with Gasteiger partial charge in [-0.1, -0.05) is 152 Å². The summed E-state index contributed by atoms with van der Waals surface area (Å²) in [6.45, 7) is 0. The first-order valence-corrected chi connectivity index (χ1v) is 19.5. The van der Waals surface area contributed by atoms with Crippen LogP contribution < -0.4 is 0 Å². The van der Waals surface area contributed by atoms with Crippen LogP contribution in [-0.2, 0) is 0 Å². The van der Waals surface area contributed by atoms with E-state index in [-0.39, 0.29) is 0 Å². The first kappa shape index (κ1) is 32.4. The largest absolute Gasteiger partial charge is 0.455 e. The zero-order valence-electron chi connectivity index (χ0n) is 31.2. The summed E-state index contributed by atoms with van der Waals surface area (Å²) in [4.78, 5) is 15.5. The van der Waals surface area contributed by atoms with E-state index in [1.807, 2.05) is 30.3 Å². The van der Waals surface area contributed by atoms with Gasteiger partial charge < -0.3 is 4.42 Å². The van der Waals surface area contributed by atoms with Crippen LogP contribution in [0, 0.1) is 0 Å². The Labute approximate surface area is 333 Å². The Morgan fingerprint density at radius 2 is 0.983 bits per heavy atom. The lowest BCUT2D eigenvalue weighted by atomic mass is 9.97. The van der Waals surface area contributed by atoms with Gasteiger partial charge in [0.15, 0.2) is 5.82 Å². The third-order valence-electron chi connectivity index (χ3n) is 11.4. The second-order valence-corrected chi connectivity index (χ2v) is 14.8. The molecule has 12 aromatic rings. The summed E-state index contributed by atoms with van der Waals surface area (Å²) in [5, 5.41) is 7.81. The summed E-state index contributed by atoms with van der Waals surface area (Å²) in [5.41, 5.74) is 12.0. The van der Waals surface area contributed by atoms with E-state index in [0.29, 0.717) is 5.82 Å². The van der Waals surface area contributed by atoms with Crippen molar-refractivity contribution in [3.63, 3.8) is 0 Å². The van der Waals surface area contributed by atoms with E-state index < -0.39 is 0 Å². The number of pyridine rings is 1. The number of para-hydroxylation sites is 3. The number of hydrogen-bond acceptors (Lipinski definition) is 4. The van der Waals surface area contributed by atoms with Crippen molar-refractivity contribution in [2.24, 2.45) is 0 Å². The second kappa shape index (κ2) is 12.8. The number of aromatic nitrogens is 4. The van der Waals surface area contributed by atoms with E-state index >= 15 is 0 Å². The van der Waals surface area contributed by atoms with Crippen molar-refractivity contribution in [3.8, 4) is 50.8 Å². The Morgan fingerprint density at radius 3 is 1.72 bits per heavy atom. The van der Waals surface area contributed by atoms with E-state index in [1.165, 1.54) is 10.8 Å². The van der Waals surface area contributed by atoms with Crippen LogP contribution in [0.3, 0.4) is 0 Å². The zero-order valence-corrected chi connectivity index (χ0v) is 31.2. The molecule has 0 atom stereocenters. The molecule has 0 aliphatic rings. The van der Waals surface area contributed by atoms with Crippen LogP contribution in [0.5, 0.6) is 0 Å². The molecule has 58 heavy (non-hydrogen) atoms. The molecule has 0 radical (unpaired) electrons. The molecule has 5 nitrogen and oxygen atoms in total. The molecule has 0 aliphatic heterocycles. The minimum absolute atomic E-state index is 0.684. The highest BCUT2D eigenvalue weighted by Gasteiger charge is 2.19. The van der Waals surface area contributed by atoms with Crippen molar-refractivity contribution in [3.05, 3.63) is 194 Å². The molecule has 0 saturated carbocycles. The lowest BCUT2D eigenvalue weighted by Gasteiger charge is -2.12. The first-order chi connectivity index (χ1) is 28.7. The summed E-state index contributed by atoms with van der Waals surface area (Å²) in [6.07, 6.45) is 0. The van der Waals surface area contributed by atoms with E-state index in [9.17, 15) is 0 Å². The van der Waals surface area contributed by atoms with Crippen molar-refractivity contribution < 1.29 is 4.42 Å². The van der Waals surface area contributed by atoms with E-state index in [0.717, 1.165) is 99.7 Å². The molecule has 12 rings (SSSR count). The summed E-state index contributed by atoms with van der Waals surface area (Å²) >= 11 is 0. The zero-order chi connectivity index (χ0) is 38.2. The normalized spacial score (nSPS) is 11.8. The van der Waals surface area contributed by atoms with Crippen LogP contribution in [-0.4, -0.2) is 19.5 Å². The van der Waals surface area contributed by atoms with Gasteiger partial charge in [0.05, 0.1) is 27.9 Å². The smallest absolute Gasteiger partial charge is 0.162 e. The van der Waals surface area contributed by atoms with Crippen molar-refractivity contribution in [2.45, 2.75) is 0 Å². The molecule has 4 heterocycles. The third-order valence-corrected chi connectivity index (χ3v) is 11.4. The van der Waals surface area contributed by atoms with E-state index in [4.69, 9.17) is 19.4 Å². The van der Waals surface area contributed by atoms with Gasteiger partial charge in [-0.05, 0) is 47.5 Å². The van der Waals surface area contributed by atoms with Gasteiger partial charge in [0, 0.05) is 60.5 Å². The number of furan rings is 1. The Kier molecular flexibility index (Phi) is 7.16. The van der Waals surface area contributed by atoms with Gasteiger partial charge in [-0.2, -0.15) is 0 Å². The highest BCUT2D eigenvalue weighted by Crippen LogP contribution is 2.42. The molecule has 270 valence electrons. The fraction of sp³-hybridized carbons (Fsp3) is 0. The third kappa shape index (κ3) is 5.07. The Balaban J connectivity index is 0.981. The minimum atomic E-state index is 0.684. The van der Waals surface area contributed by atoms with Crippen LogP contribution in [0.15, 0.2) is 199 Å². The maximum Gasteiger partial charge on any atom is 0.162 e. The summed E-state index contributed by atoms with van der Waals surface area (Å²) in [6, 6.07) is 67.7. The average Bonchev–Trinajstić information content (AvgIpc) is 3.85. The van der Waals surface area contributed by atoms with E-state index in [1.54, 1.807) is 0 Å². The van der Waals surface area contributed by atoms with Gasteiger partial charge in [-0.25, -0.2) is 15.0 Å². The van der Waals surface area contributed by atoms with Crippen LogP contribution in [0.25, 0.3) is 116 Å². The van der Waals surface area contributed by atoms with Crippen molar-refractivity contribution in [2.75, 3.05) is 0 Å². The van der Waals surface area contributed by atoms with Gasteiger partial charge in [0.2, 0.25) is 0 Å². The molecule has 0 N–H and O–H groups in total. The molecule has 0 fully saturated rings. The molecule has 4 aromatic heterocycles. The summed E-state index contributed by atoms with van der Waals surface area (Å²) in [5.74, 6) is 1.51. The Bertz CT molecular complexity index is 3500. The quantitative estimate of drug-likeness (QED) is 0.165. The average molecular weight is 741 g/mol. The second-order valence-electron chi connectivity index (χ2n) is 14.8. The van der Waals surface area contributed by atoms with Crippen molar-refractivity contribution >= 4 is 65.4 Å². The first-order valence-electron chi connectivity index (χ1n) is 19.5. The number of fused-ring (bicyclic) bond motifs is 10. The van der Waals surface area contributed by atoms with Crippen molar-refractivity contribution in [1.82, 2.24) is 19.5 Å². The SMILES string of the molecule is c1ccc(-c2nc(-c3ccc(-c4ccc5oc6c(ccc7c(-c8ccccc8)nc8ccccc8c76)c5c4)cc3)cc(-n3c4ccccc4c4ccccc43)n2)cc1. The molecule has 0 saturated heterocycles. The highest BCUT2D eigenvalue weighted by molar-refractivity contribution is 6.25. The van der Waals surface area contributed by atoms with Crippen molar-refractivity contribution in [1.29, 1.82) is 0 Å². The van der Waals surface area contributed by atoms with Gasteiger partial charge in [0.1, 0.15) is 17.0 Å². The highest BCUT2D eigenvalue weighted by atomic mass is 16.3. The van der Waals surface area contributed by atoms with E-state index in [2.05, 4.69) is 168 Å². The molecule has 0 bridgehead atoms. The molecule has 8 aromatic carbocycles. The number of benzene rings is 8. The molecule has 0 amide bonds. The number of hydrogen-bond donors (Lipinski definition) is 0. The Hall–Kier alpha value is -7.89. The maximum atomic E-state index is 6.73. The number of nitrogens with zero attached hydrogens (tertiary/aromatic N) is 4. The fourth-order valence-electron chi connectivity index (χ4n) is 8.68. The van der Waals surface area contributed by atoms with Crippen LogP contribution >= 0.6 is 0 Å². The van der Waals surface area contributed by atoms with Gasteiger partial charge >= 0.3 is 0 Å². The Morgan fingerprint density at radius 1 is 0.379 bits per heavy atom. The standard InChI is InChI=1S/C53H32N4O/c1-3-13-35(14-4-1)51-42-29-28-40-43-31-37(27-30-48(43)58-52(40)50(42)41-19-7-10-20-44(41)54-51)33-23-25-34(26-24-33)45-32-49(56-53(55-45)36-15-5-2-6-16-36)57-46-21-11-8-17-38(46)39-18-9-12-22-47(39)57/h1-32H. The summed E-state index contributed by atoms with van der Waals surface area (Å²) < 4.78 is 8.99. The predicted molar refractivity (Wildman–Crippen MR) is 238 cm³/mol. The lowest BCUT2D eigenvalue weighted by molar-refractivity contribution is 0.673. The minimum Gasteiger partial charge on any atom is -0.455 e. The molecule has 0 spiro atoms. The van der Waals surface area contributed by atoms with Crippen LogP contribution in [0.2, 0.25) is 0 Å². The molecule has 0 unspecified atom stereocenters. The lowest BCUT2D eigenvalue weighted by Crippen LogP contribution is -2.02. The predicted octanol–water partition coefficient (Wildman–Crippen LogP) is 13.8. The monoisotopic (exact) mass is 740 g/mol. The summed E-state index contributed by atoms with van der Waals surface area (Å²) in [7, 11) is 0. The molecular weight excluding hydrogens is 709 g/mol. The topological polar surface area (TPSA) is 56.7 Å².